The maximum atomic E-state index is 12.3. The molecule has 0 spiro atoms. The van der Waals surface area contributed by atoms with Gasteiger partial charge in [-0.3, -0.25) is 4.79 Å². The zero-order valence-corrected chi connectivity index (χ0v) is 17.1. The number of hydrogen-bond acceptors (Lipinski definition) is 3. The van der Waals surface area contributed by atoms with E-state index in [1.54, 1.807) is 0 Å². The van der Waals surface area contributed by atoms with Crippen LogP contribution in [0.25, 0.3) is 22.4 Å². The number of nitrogens with zero attached hydrogens (tertiary/aromatic N) is 1. The third-order valence-electron chi connectivity index (χ3n) is 4.80. The van der Waals surface area contributed by atoms with E-state index in [4.69, 9.17) is 0 Å². The number of thiazole rings is 1. The lowest BCUT2D eigenvalue weighted by molar-refractivity contribution is -0.116. The number of aromatic nitrogens is 1. The summed E-state index contributed by atoms with van der Waals surface area (Å²) >= 11 is 1.45. The van der Waals surface area contributed by atoms with E-state index in [2.05, 4.69) is 77.9 Å². The Kier molecular flexibility index (Phi) is 5.82. The maximum Gasteiger partial charge on any atom is 0.226 e. The molecule has 0 bridgehead atoms. The minimum absolute atomic E-state index is 0.00843. The molecule has 4 heteroatoms. The van der Waals surface area contributed by atoms with E-state index in [9.17, 15) is 4.79 Å². The number of hydrogen-bond donors (Lipinski definition) is 1. The van der Waals surface area contributed by atoms with Crippen LogP contribution in [0.5, 0.6) is 0 Å². The topological polar surface area (TPSA) is 42.0 Å². The lowest BCUT2D eigenvalue weighted by Gasteiger charge is -2.04. The second-order valence-electron chi connectivity index (χ2n) is 7.02. The van der Waals surface area contributed by atoms with Crippen molar-refractivity contribution in [1.29, 1.82) is 0 Å². The van der Waals surface area contributed by atoms with Gasteiger partial charge in [-0.2, -0.15) is 0 Å². The smallest absolute Gasteiger partial charge is 0.226 e. The largest absolute Gasteiger partial charge is 0.302 e. The van der Waals surface area contributed by atoms with Crippen LogP contribution < -0.4 is 5.32 Å². The first-order valence-corrected chi connectivity index (χ1v) is 10.5. The molecule has 1 N–H and O–H groups in total. The summed E-state index contributed by atoms with van der Waals surface area (Å²) in [4.78, 5) is 16.8. The predicted octanol–water partition coefficient (Wildman–Crippen LogP) is 6.36. The van der Waals surface area contributed by atoms with Crippen molar-refractivity contribution in [3.63, 3.8) is 0 Å². The first-order valence-electron chi connectivity index (χ1n) is 9.64. The molecular formula is C25H22N2OS. The summed E-state index contributed by atoms with van der Waals surface area (Å²) in [5.74, 6) is -0.00843. The molecule has 0 saturated carbocycles. The summed E-state index contributed by atoms with van der Waals surface area (Å²) in [7, 11) is 0. The molecule has 3 nitrogen and oxygen atoms in total. The highest BCUT2D eigenvalue weighted by molar-refractivity contribution is 7.14. The third kappa shape index (κ3) is 4.98. The minimum atomic E-state index is -0.00843. The van der Waals surface area contributed by atoms with Crippen LogP contribution in [0.4, 0.5) is 5.13 Å². The van der Waals surface area contributed by atoms with Crippen LogP contribution in [0, 0.1) is 6.92 Å². The lowest BCUT2D eigenvalue weighted by atomic mass is 10.0. The van der Waals surface area contributed by atoms with E-state index in [1.807, 2.05) is 23.6 Å². The van der Waals surface area contributed by atoms with Crippen molar-refractivity contribution in [3.8, 4) is 22.4 Å². The molecule has 0 unspecified atom stereocenters. The monoisotopic (exact) mass is 398 g/mol. The number of benzene rings is 3. The number of nitrogens with one attached hydrogen (secondary N) is 1. The highest BCUT2D eigenvalue weighted by Crippen LogP contribution is 2.27. The van der Waals surface area contributed by atoms with Crippen molar-refractivity contribution in [3.05, 3.63) is 95.4 Å². The van der Waals surface area contributed by atoms with Gasteiger partial charge in [-0.25, -0.2) is 4.98 Å². The Bertz CT molecular complexity index is 1080. The zero-order valence-electron chi connectivity index (χ0n) is 16.3. The zero-order chi connectivity index (χ0) is 20.1. The molecule has 144 valence electrons. The second-order valence-corrected chi connectivity index (χ2v) is 7.87. The van der Waals surface area contributed by atoms with Crippen molar-refractivity contribution in [2.24, 2.45) is 0 Å². The van der Waals surface area contributed by atoms with Gasteiger partial charge >= 0.3 is 0 Å². The summed E-state index contributed by atoms with van der Waals surface area (Å²) in [6, 6.07) is 26.9. The molecule has 0 aliphatic carbocycles. The molecular weight excluding hydrogens is 376 g/mol. The van der Waals surface area contributed by atoms with E-state index in [0.717, 1.165) is 17.7 Å². The Labute approximate surface area is 175 Å². The van der Waals surface area contributed by atoms with Crippen molar-refractivity contribution in [1.82, 2.24) is 4.98 Å². The van der Waals surface area contributed by atoms with Gasteiger partial charge in [-0.15, -0.1) is 11.3 Å². The fraction of sp³-hybridized carbons (Fsp3) is 0.120. The van der Waals surface area contributed by atoms with Gasteiger partial charge in [0.25, 0.3) is 0 Å². The molecule has 1 amide bonds. The summed E-state index contributed by atoms with van der Waals surface area (Å²) in [5.41, 5.74) is 6.69. The molecule has 0 aliphatic rings. The normalized spacial score (nSPS) is 10.7. The third-order valence-corrected chi connectivity index (χ3v) is 5.56. The Morgan fingerprint density at radius 2 is 1.52 bits per heavy atom. The summed E-state index contributed by atoms with van der Waals surface area (Å²) < 4.78 is 0. The molecule has 0 aliphatic heterocycles. The Morgan fingerprint density at radius 1 is 0.862 bits per heavy atom. The molecule has 29 heavy (non-hydrogen) atoms. The average Bonchev–Trinajstić information content (AvgIpc) is 3.22. The number of anilines is 1. The summed E-state index contributed by atoms with van der Waals surface area (Å²) in [6.07, 6.45) is 1.18. The molecule has 0 atom stereocenters. The van der Waals surface area contributed by atoms with Crippen molar-refractivity contribution >= 4 is 22.4 Å². The van der Waals surface area contributed by atoms with Crippen LogP contribution >= 0.6 is 11.3 Å². The highest BCUT2D eigenvalue weighted by atomic mass is 32.1. The van der Waals surface area contributed by atoms with Gasteiger partial charge in [0.2, 0.25) is 5.91 Å². The molecule has 3 aromatic carbocycles. The van der Waals surface area contributed by atoms with Gasteiger partial charge in [0.05, 0.1) is 5.69 Å². The van der Waals surface area contributed by atoms with E-state index in [-0.39, 0.29) is 5.91 Å². The number of carbonyl (C=O) groups excluding carboxylic acids is 1. The number of rotatable bonds is 6. The molecule has 0 saturated heterocycles. The van der Waals surface area contributed by atoms with Crippen LogP contribution in [0.15, 0.2) is 84.2 Å². The fourth-order valence-corrected chi connectivity index (χ4v) is 3.86. The van der Waals surface area contributed by atoms with Crippen LogP contribution in [0.2, 0.25) is 0 Å². The van der Waals surface area contributed by atoms with Gasteiger partial charge in [0.1, 0.15) is 0 Å². The molecule has 0 fully saturated rings. The first-order chi connectivity index (χ1) is 14.2. The fourth-order valence-electron chi connectivity index (χ4n) is 3.12. The van der Waals surface area contributed by atoms with E-state index >= 15 is 0 Å². The standard InChI is InChI=1S/C25H22N2OS/c1-18-7-9-19(10-8-18)11-16-24(28)27-25-26-23(17-29-25)22-14-12-21(13-15-22)20-5-3-2-4-6-20/h2-10,12-15,17H,11,16H2,1H3,(H,26,27,28). The van der Waals surface area contributed by atoms with Gasteiger partial charge in [-0.05, 0) is 30.0 Å². The molecule has 4 rings (SSSR count). The average molecular weight is 399 g/mol. The van der Waals surface area contributed by atoms with Crippen molar-refractivity contribution < 1.29 is 4.79 Å². The maximum absolute atomic E-state index is 12.3. The number of carbonyl (C=O) groups is 1. The number of amides is 1. The van der Waals surface area contributed by atoms with E-state index in [0.29, 0.717) is 11.6 Å². The second kappa shape index (κ2) is 8.84. The van der Waals surface area contributed by atoms with Crippen molar-refractivity contribution in [2.45, 2.75) is 19.8 Å². The van der Waals surface area contributed by atoms with E-state index < -0.39 is 0 Å². The Morgan fingerprint density at radius 3 is 2.24 bits per heavy atom. The van der Waals surface area contributed by atoms with E-state index in [1.165, 1.54) is 33.6 Å². The highest BCUT2D eigenvalue weighted by Gasteiger charge is 2.09. The van der Waals surface area contributed by atoms with Crippen LogP contribution in [0.1, 0.15) is 17.5 Å². The predicted molar refractivity (Wildman–Crippen MR) is 121 cm³/mol. The molecule has 1 aromatic heterocycles. The van der Waals surface area contributed by atoms with Crippen molar-refractivity contribution in [2.75, 3.05) is 5.32 Å². The van der Waals surface area contributed by atoms with Gasteiger partial charge in [-0.1, -0.05) is 84.4 Å². The SMILES string of the molecule is Cc1ccc(CCC(=O)Nc2nc(-c3ccc(-c4ccccc4)cc3)cs2)cc1. The lowest BCUT2D eigenvalue weighted by Crippen LogP contribution is -2.12. The molecule has 1 heterocycles. The van der Waals surface area contributed by atoms with Crippen LogP contribution in [-0.4, -0.2) is 10.9 Å². The van der Waals surface area contributed by atoms with Gasteiger partial charge < -0.3 is 5.32 Å². The molecule has 4 aromatic rings. The minimum Gasteiger partial charge on any atom is -0.302 e. The first kappa shape index (κ1) is 19.1. The summed E-state index contributed by atoms with van der Waals surface area (Å²) in [5, 5.41) is 5.54. The summed E-state index contributed by atoms with van der Waals surface area (Å²) in [6.45, 7) is 2.06. The van der Waals surface area contributed by atoms with Gasteiger partial charge in [0, 0.05) is 17.4 Å². The quantitative estimate of drug-likeness (QED) is 0.411. The van der Waals surface area contributed by atoms with Gasteiger partial charge in [0.15, 0.2) is 5.13 Å². The Balaban J connectivity index is 1.36. The van der Waals surface area contributed by atoms with Crippen LogP contribution in [-0.2, 0) is 11.2 Å². The number of aryl methyl sites for hydroxylation is 2. The van der Waals surface area contributed by atoms with Crippen LogP contribution in [0.3, 0.4) is 0 Å². The Hall–Kier alpha value is -3.24. The molecule has 0 radical (unpaired) electrons.